The SMILES string of the molecule is O=C1C2N=CN([C@H]3C[C@@H]4OP(O)(=S)OC[C@H]5O[C@@H](n6cnc7c6ncn6ccnc76)C[C@@H]5OP(=O)(O)OC[C@H]4O3)C2=NC2NC=CN12. The van der Waals surface area contributed by atoms with Crippen LogP contribution in [-0.4, -0.2) is 118 Å². The van der Waals surface area contributed by atoms with Gasteiger partial charge < -0.3 is 33.6 Å². The molecule has 6 aliphatic rings. The number of carbonyl (C=O) groups excluding carboxylic acids is 1. The number of hydrogen-bond acceptors (Lipinski definition) is 16. The molecule has 0 spiro atoms. The predicted octanol–water partition coefficient (Wildman–Crippen LogP) is -0.0729. The van der Waals surface area contributed by atoms with Crippen LogP contribution in [0.1, 0.15) is 19.1 Å². The highest BCUT2D eigenvalue weighted by Gasteiger charge is 2.50. The second-order valence-corrected chi connectivity index (χ2v) is 15.6. The Labute approximate surface area is 269 Å². The molecule has 6 aliphatic heterocycles. The van der Waals surface area contributed by atoms with E-state index in [0.29, 0.717) is 22.6 Å². The van der Waals surface area contributed by atoms with Gasteiger partial charge in [-0.15, -0.1) is 0 Å². The minimum Gasteiger partial charge on any atom is -0.351 e. The highest BCUT2D eigenvalue weighted by Crippen LogP contribution is 2.53. The van der Waals surface area contributed by atoms with Gasteiger partial charge in [0.2, 0.25) is 6.29 Å². The van der Waals surface area contributed by atoms with Crippen LogP contribution >= 0.6 is 14.5 Å². The quantitative estimate of drug-likeness (QED) is 0.297. The molecule has 0 saturated carbocycles. The fraction of sp³-hybridized carbons (Fsp3) is 0.500. The van der Waals surface area contributed by atoms with Crippen LogP contribution in [0.5, 0.6) is 0 Å². The molecular weight excluding hydrogens is 682 g/mol. The highest BCUT2D eigenvalue weighted by atomic mass is 32.5. The Kier molecular flexibility index (Phi) is 6.94. The fourth-order valence-electron chi connectivity index (χ4n) is 6.43. The standard InChI is InChI=1S/C24H26N10O10P2S/c35-23-19-22(30-24-26-2-4-32(23)24)34(11-28-19)17-6-13-14(41-17)7-39-45(36,37)43-12-5-16(42-15(12)8-40-46(38,47)44-13)33-10-27-18-20-25-1-3-31(20)9-29-21(18)33/h1-4,9-17,19,24,26H,5-8H2,(H,36,37)(H,38,47)/t12-,13-,14+,15+,16+,17+,19?,24?,46?/m0/s1. The maximum Gasteiger partial charge on any atom is 0.472 e. The second kappa shape index (κ2) is 10.9. The Morgan fingerprint density at radius 1 is 0.936 bits per heavy atom. The van der Waals surface area contributed by atoms with Crippen molar-refractivity contribution in [2.75, 3.05) is 13.2 Å². The smallest absolute Gasteiger partial charge is 0.351 e. The zero-order valence-corrected chi connectivity index (χ0v) is 26.6. The van der Waals surface area contributed by atoms with Gasteiger partial charge in [-0.05, 0) is 11.8 Å². The summed E-state index contributed by atoms with van der Waals surface area (Å²) in [5.41, 5.74) is 1.62. The topological polar surface area (TPSA) is 221 Å². The molecule has 9 heterocycles. The Balaban J connectivity index is 0.938. The zero-order chi connectivity index (χ0) is 32.1. The average Bonchev–Trinajstić information content (AvgIpc) is 3.86. The van der Waals surface area contributed by atoms with Crippen LogP contribution < -0.4 is 5.32 Å². The molecule has 3 aromatic rings. The van der Waals surface area contributed by atoms with Gasteiger partial charge >= 0.3 is 14.5 Å². The van der Waals surface area contributed by atoms with Gasteiger partial charge in [-0.2, -0.15) is 0 Å². The minimum absolute atomic E-state index is 0.0908. The van der Waals surface area contributed by atoms with Crippen LogP contribution in [0, 0.1) is 0 Å². The largest absolute Gasteiger partial charge is 0.472 e. The minimum atomic E-state index is -4.69. The summed E-state index contributed by atoms with van der Waals surface area (Å²) in [6, 6.07) is -0.855. The molecule has 0 radical (unpaired) electrons. The van der Waals surface area contributed by atoms with Crippen molar-refractivity contribution in [2.24, 2.45) is 9.98 Å². The number of fused-ring (bicyclic) bond motifs is 7. The molecule has 47 heavy (non-hydrogen) atoms. The molecule has 3 fully saturated rings. The van der Waals surface area contributed by atoms with Crippen molar-refractivity contribution in [3.63, 3.8) is 0 Å². The lowest BCUT2D eigenvalue weighted by Gasteiger charge is -2.32. The zero-order valence-electron chi connectivity index (χ0n) is 24.0. The van der Waals surface area contributed by atoms with Gasteiger partial charge in [0, 0.05) is 37.6 Å². The average molecular weight is 709 g/mol. The number of amidine groups is 1. The molecule has 0 aliphatic carbocycles. The van der Waals surface area contributed by atoms with Gasteiger partial charge in [0.05, 0.1) is 32.0 Å². The van der Waals surface area contributed by atoms with E-state index in [1.54, 1.807) is 45.0 Å². The van der Waals surface area contributed by atoms with Crippen LogP contribution in [0.4, 0.5) is 0 Å². The number of ether oxygens (including phenoxy) is 2. The Hall–Kier alpha value is -3.20. The first kappa shape index (κ1) is 29.9. The van der Waals surface area contributed by atoms with Crippen molar-refractivity contribution in [2.45, 2.75) is 62.0 Å². The molecule has 3 N–H and O–H groups in total. The van der Waals surface area contributed by atoms with E-state index < -0.39 is 70.4 Å². The van der Waals surface area contributed by atoms with E-state index in [2.05, 4.69) is 30.3 Å². The first-order valence-electron chi connectivity index (χ1n) is 14.5. The van der Waals surface area contributed by atoms with E-state index >= 15 is 0 Å². The number of nitrogens with zero attached hydrogens (tertiary/aromatic N) is 9. The van der Waals surface area contributed by atoms with Gasteiger partial charge in [-0.3, -0.25) is 37.6 Å². The van der Waals surface area contributed by atoms with Gasteiger partial charge in [0.25, 0.3) is 5.91 Å². The van der Waals surface area contributed by atoms with Gasteiger partial charge in [-0.1, -0.05) is 0 Å². The number of phosphoric acid groups is 1. The van der Waals surface area contributed by atoms with E-state index in [1.165, 1.54) is 17.6 Å². The maximum atomic E-state index is 13.2. The predicted molar refractivity (Wildman–Crippen MR) is 161 cm³/mol. The summed E-state index contributed by atoms with van der Waals surface area (Å²) >= 11 is 5.36. The molecule has 1 amide bonds. The Morgan fingerprint density at radius 2 is 1.72 bits per heavy atom. The van der Waals surface area contributed by atoms with Gasteiger partial charge in [0.15, 0.2) is 22.9 Å². The molecule has 3 aromatic heterocycles. The fourth-order valence-corrected chi connectivity index (χ4v) is 8.86. The summed E-state index contributed by atoms with van der Waals surface area (Å²) in [4.78, 5) is 60.0. The number of hydrogen-bond donors (Lipinski definition) is 3. The number of aliphatic imine (C=N–C) groups is 2. The summed E-state index contributed by atoms with van der Waals surface area (Å²) in [6.45, 7) is -4.69. The van der Waals surface area contributed by atoms with Crippen LogP contribution in [-0.2, 0) is 48.7 Å². The number of amides is 1. The van der Waals surface area contributed by atoms with Crippen molar-refractivity contribution >= 4 is 61.2 Å². The molecule has 248 valence electrons. The van der Waals surface area contributed by atoms with Crippen molar-refractivity contribution in [1.29, 1.82) is 0 Å². The lowest BCUT2D eigenvalue weighted by molar-refractivity contribution is -0.130. The first-order chi connectivity index (χ1) is 22.6. The molecule has 20 nitrogen and oxygen atoms in total. The summed E-state index contributed by atoms with van der Waals surface area (Å²) < 4.78 is 51.6. The Morgan fingerprint density at radius 3 is 2.60 bits per heavy atom. The maximum absolute atomic E-state index is 13.2. The summed E-state index contributed by atoms with van der Waals surface area (Å²) in [5.74, 6) is 0.102. The van der Waals surface area contributed by atoms with E-state index in [4.69, 9.17) is 39.4 Å². The van der Waals surface area contributed by atoms with Crippen LogP contribution in [0.15, 0.2) is 47.4 Å². The molecule has 0 bridgehead atoms. The lowest BCUT2D eigenvalue weighted by Crippen LogP contribution is -2.53. The summed E-state index contributed by atoms with van der Waals surface area (Å²) in [5, 5.41) is 2.98. The molecule has 4 unspecified atom stereocenters. The third-order valence-corrected chi connectivity index (χ3v) is 11.2. The second-order valence-electron chi connectivity index (χ2n) is 11.4. The summed E-state index contributed by atoms with van der Waals surface area (Å²) in [6.07, 6.45) is 5.38. The van der Waals surface area contributed by atoms with Gasteiger partial charge in [-0.25, -0.2) is 24.5 Å². The number of nitrogens with one attached hydrogen (secondary N) is 1. The van der Waals surface area contributed by atoms with Crippen LogP contribution in [0.2, 0.25) is 0 Å². The van der Waals surface area contributed by atoms with E-state index in [-0.39, 0.29) is 25.4 Å². The third-order valence-electron chi connectivity index (χ3n) is 8.61. The molecule has 10 atom stereocenters. The monoisotopic (exact) mass is 708 g/mol. The first-order valence-corrected chi connectivity index (χ1v) is 18.6. The number of aromatic nitrogens is 5. The highest BCUT2D eigenvalue weighted by molar-refractivity contribution is 8.07. The number of imidazole rings is 2. The number of phosphoric ester groups is 1. The van der Waals surface area contributed by atoms with Crippen LogP contribution in [0.25, 0.3) is 16.8 Å². The van der Waals surface area contributed by atoms with E-state index in [9.17, 15) is 19.1 Å². The Bertz CT molecular complexity index is 1970. The lowest BCUT2D eigenvalue weighted by atomic mass is 10.1. The molecule has 23 heteroatoms. The molecule has 3 saturated heterocycles. The van der Waals surface area contributed by atoms with Crippen molar-refractivity contribution < 1.29 is 46.7 Å². The number of rotatable bonds is 2. The van der Waals surface area contributed by atoms with Crippen LogP contribution in [0.3, 0.4) is 0 Å². The normalized spacial score (nSPS) is 40.1. The number of carbonyl (C=O) groups is 1. The van der Waals surface area contributed by atoms with Gasteiger partial charge in [0.1, 0.15) is 42.9 Å². The summed E-state index contributed by atoms with van der Waals surface area (Å²) in [7, 11) is -4.69. The van der Waals surface area contributed by atoms with E-state index in [1.807, 2.05) is 0 Å². The molecule has 9 rings (SSSR count). The molecular formula is C24H26N10O10P2S. The molecule has 0 aromatic carbocycles. The van der Waals surface area contributed by atoms with Crippen molar-refractivity contribution in [3.8, 4) is 0 Å². The van der Waals surface area contributed by atoms with Crippen molar-refractivity contribution in [1.82, 2.24) is 39.0 Å². The van der Waals surface area contributed by atoms with Crippen molar-refractivity contribution in [3.05, 3.63) is 37.4 Å². The third kappa shape index (κ3) is 5.13. The van der Waals surface area contributed by atoms with E-state index in [0.717, 1.165) is 0 Å².